The van der Waals surface area contributed by atoms with Crippen molar-refractivity contribution in [3.8, 4) is 0 Å². The highest BCUT2D eigenvalue weighted by Gasteiger charge is 2.30. The molecule has 0 radical (unpaired) electrons. The normalized spacial score (nSPS) is 26.4. The molecule has 1 aliphatic carbocycles. The zero-order valence-electron chi connectivity index (χ0n) is 13.8. The van der Waals surface area contributed by atoms with Gasteiger partial charge in [-0.3, -0.25) is 4.79 Å². The van der Waals surface area contributed by atoms with Crippen LogP contribution in [0.25, 0.3) is 0 Å². The molecule has 1 saturated carbocycles. The summed E-state index contributed by atoms with van der Waals surface area (Å²) in [6.45, 7) is 2.60. The summed E-state index contributed by atoms with van der Waals surface area (Å²) in [6.07, 6.45) is 9.46. The third-order valence-electron chi connectivity index (χ3n) is 4.96. The first kappa shape index (κ1) is 17.7. The van der Waals surface area contributed by atoms with Crippen molar-refractivity contribution in [2.45, 2.75) is 83.5 Å². The van der Waals surface area contributed by atoms with Gasteiger partial charge in [-0.2, -0.15) is 0 Å². The van der Waals surface area contributed by atoms with Crippen molar-refractivity contribution in [1.29, 1.82) is 0 Å². The topological polar surface area (TPSA) is 67.8 Å². The maximum absolute atomic E-state index is 12.4. The number of aliphatic hydroxyl groups excluding tert-OH is 1. The van der Waals surface area contributed by atoms with Gasteiger partial charge < -0.3 is 9.84 Å². The van der Waals surface area contributed by atoms with E-state index in [9.17, 15) is 9.90 Å². The lowest BCUT2D eigenvalue weighted by Gasteiger charge is -2.29. The van der Waals surface area contributed by atoms with Crippen LogP contribution in [0.15, 0.2) is 0 Å². The predicted octanol–water partition coefficient (Wildman–Crippen LogP) is 2.92. The Labute approximate surface area is 133 Å². The summed E-state index contributed by atoms with van der Waals surface area (Å²) >= 11 is 0. The van der Waals surface area contributed by atoms with Gasteiger partial charge in [-0.25, -0.2) is 10.3 Å². The van der Waals surface area contributed by atoms with Crippen molar-refractivity contribution in [2.75, 3.05) is 6.61 Å². The first-order chi connectivity index (χ1) is 10.7. The number of nitrogens with one attached hydrogen (secondary N) is 1. The molecule has 2 N–H and O–H groups in total. The number of carbonyl (C=O) groups excluding carboxylic acids is 1. The summed E-state index contributed by atoms with van der Waals surface area (Å²) in [4.78, 5) is 17.8. The molecular weight excluding hydrogens is 282 g/mol. The van der Waals surface area contributed by atoms with Gasteiger partial charge in [-0.1, -0.05) is 39.0 Å². The summed E-state index contributed by atoms with van der Waals surface area (Å²) in [5.41, 5.74) is 2.53. The first-order valence-electron chi connectivity index (χ1n) is 8.96. The van der Waals surface area contributed by atoms with Crippen LogP contribution in [-0.4, -0.2) is 30.0 Å². The van der Waals surface area contributed by atoms with E-state index in [0.717, 1.165) is 25.7 Å². The Bertz CT molecular complexity index is 325. The molecule has 0 bridgehead atoms. The fourth-order valence-corrected chi connectivity index (χ4v) is 3.51. The average molecular weight is 313 g/mol. The molecule has 1 unspecified atom stereocenters. The van der Waals surface area contributed by atoms with E-state index in [2.05, 4.69) is 5.48 Å². The zero-order chi connectivity index (χ0) is 15.8. The van der Waals surface area contributed by atoms with E-state index in [1.54, 1.807) is 0 Å². The number of ether oxygens (including phenoxy) is 1. The molecule has 2 fully saturated rings. The molecule has 0 aromatic rings. The number of hydroxylamine groups is 1. The van der Waals surface area contributed by atoms with E-state index < -0.39 is 6.10 Å². The quantitative estimate of drug-likeness (QED) is 0.709. The van der Waals surface area contributed by atoms with Crippen LogP contribution < -0.4 is 5.48 Å². The van der Waals surface area contributed by atoms with Crippen molar-refractivity contribution in [1.82, 2.24) is 5.48 Å². The Morgan fingerprint density at radius 3 is 2.59 bits per heavy atom. The molecule has 128 valence electrons. The van der Waals surface area contributed by atoms with E-state index in [1.165, 1.54) is 32.1 Å². The van der Waals surface area contributed by atoms with Gasteiger partial charge >= 0.3 is 0 Å². The number of carbonyl (C=O) groups is 1. The Balaban J connectivity index is 1.81. The number of hydrogen-bond acceptors (Lipinski definition) is 4. The molecule has 3 atom stereocenters. The predicted molar refractivity (Wildman–Crippen MR) is 83.8 cm³/mol. The van der Waals surface area contributed by atoms with Crippen LogP contribution in [0.5, 0.6) is 0 Å². The SMILES string of the molecule is CC[C@@H](O)[C@@H](CC1CCCCC1)C(=O)NOC1CCCCO1. The minimum Gasteiger partial charge on any atom is -0.392 e. The maximum Gasteiger partial charge on any atom is 0.249 e. The Kier molecular flexibility index (Phi) is 7.63. The molecule has 1 amide bonds. The van der Waals surface area contributed by atoms with Crippen molar-refractivity contribution in [2.24, 2.45) is 11.8 Å². The molecule has 1 heterocycles. The number of rotatable bonds is 7. The lowest BCUT2D eigenvalue weighted by molar-refractivity contribution is -0.203. The first-order valence-corrected chi connectivity index (χ1v) is 8.96. The fourth-order valence-electron chi connectivity index (χ4n) is 3.51. The van der Waals surface area contributed by atoms with Gasteiger partial charge in [-0.05, 0) is 31.6 Å². The third-order valence-corrected chi connectivity index (χ3v) is 4.96. The van der Waals surface area contributed by atoms with Gasteiger partial charge in [0, 0.05) is 13.0 Å². The molecule has 22 heavy (non-hydrogen) atoms. The molecule has 5 heteroatoms. The summed E-state index contributed by atoms with van der Waals surface area (Å²) < 4.78 is 5.45. The largest absolute Gasteiger partial charge is 0.392 e. The molecule has 0 aromatic carbocycles. The summed E-state index contributed by atoms with van der Waals surface area (Å²) in [7, 11) is 0. The molecule has 1 saturated heterocycles. The molecular formula is C17H31NO4. The third kappa shape index (κ3) is 5.52. The van der Waals surface area contributed by atoms with Gasteiger partial charge in [0.15, 0.2) is 6.29 Å². The minimum atomic E-state index is -0.599. The standard InChI is InChI=1S/C17H31NO4/c1-2-15(19)14(12-13-8-4-3-5-9-13)17(20)18-22-16-10-6-7-11-21-16/h13-16,19H,2-12H2,1H3,(H,18,20)/t14-,15-,16?/m1/s1. The molecule has 2 aliphatic rings. The highest BCUT2D eigenvalue weighted by atomic mass is 16.8. The Morgan fingerprint density at radius 1 is 1.23 bits per heavy atom. The van der Waals surface area contributed by atoms with Gasteiger partial charge in [0.1, 0.15) is 0 Å². The second-order valence-corrected chi connectivity index (χ2v) is 6.70. The van der Waals surface area contributed by atoms with Crippen molar-refractivity contribution >= 4 is 5.91 Å². The molecule has 0 spiro atoms. The number of aliphatic hydroxyl groups is 1. The maximum atomic E-state index is 12.4. The minimum absolute atomic E-state index is 0.200. The molecule has 1 aliphatic heterocycles. The second-order valence-electron chi connectivity index (χ2n) is 6.70. The molecule has 5 nitrogen and oxygen atoms in total. The Morgan fingerprint density at radius 2 is 1.95 bits per heavy atom. The number of amides is 1. The lowest BCUT2D eigenvalue weighted by Crippen LogP contribution is -2.41. The van der Waals surface area contributed by atoms with Crippen molar-refractivity contribution in [3.05, 3.63) is 0 Å². The summed E-state index contributed by atoms with van der Waals surface area (Å²) in [5.74, 6) is -0.0255. The van der Waals surface area contributed by atoms with Crippen LogP contribution in [0.1, 0.15) is 71.1 Å². The van der Waals surface area contributed by atoms with Crippen LogP contribution in [0.3, 0.4) is 0 Å². The van der Waals surface area contributed by atoms with Gasteiger partial charge in [-0.15, -0.1) is 0 Å². The second kappa shape index (κ2) is 9.48. The summed E-state index contributed by atoms with van der Waals surface area (Å²) in [5, 5.41) is 10.2. The highest BCUT2D eigenvalue weighted by Crippen LogP contribution is 2.31. The van der Waals surface area contributed by atoms with Crippen molar-refractivity contribution < 1.29 is 19.5 Å². The van der Waals surface area contributed by atoms with Crippen LogP contribution >= 0.6 is 0 Å². The van der Waals surface area contributed by atoms with E-state index in [1.807, 2.05) is 6.92 Å². The van der Waals surface area contributed by atoms with Gasteiger partial charge in [0.05, 0.1) is 12.0 Å². The monoisotopic (exact) mass is 313 g/mol. The average Bonchev–Trinajstić information content (AvgIpc) is 2.58. The van der Waals surface area contributed by atoms with Crippen molar-refractivity contribution in [3.63, 3.8) is 0 Å². The van der Waals surface area contributed by atoms with Gasteiger partial charge in [0.2, 0.25) is 5.91 Å². The molecule has 0 aromatic heterocycles. The van der Waals surface area contributed by atoms with Crippen LogP contribution in [-0.2, 0) is 14.4 Å². The van der Waals surface area contributed by atoms with E-state index in [-0.39, 0.29) is 18.1 Å². The zero-order valence-corrected chi connectivity index (χ0v) is 13.8. The van der Waals surface area contributed by atoms with E-state index >= 15 is 0 Å². The Hall–Kier alpha value is -0.650. The van der Waals surface area contributed by atoms with Gasteiger partial charge in [0.25, 0.3) is 0 Å². The fraction of sp³-hybridized carbons (Fsp3) is 0.941. The molecule has 2 rings (SSSR count). The number of hydrogen-bond donors (Lipinski definition) is 2. The lowest BCUT2D eigenvalue weighted by atomic mass is 9.80. The highest BCUT2D eigenvalue weighted by molar-refractivity contribution is 5.78. The van der Waals surface area contributed by atoms with E-state index in [4.69, 9.17) is 9.57 Å². The van der Waals surface area contributed by atoms with Crippen LogP contribution in [0.2, 0.25) is 0 Å². The van der Waals surface area contributed by atoms with Crippen LogP contribution in [0.4, 0.5) is 0 Å². The van der Waals surface area contributed by atoms with E-state index in [0.29, 0.717) is 18.9 Å². The summed E-state index contributed by atoms with van der Waals surface area (Å²) in [6, 6.07) is 0. The smallest absolute Gasteiger partial charge is 0.249 e. The van der Waals surface area contributed by atoms with Crippen LogP contribution in [0, 0.1) is 11.8 Å².